The molecule has 3 aromatic rings. The minimum atomic E-state index is -0.145. The molecule has 4 nitrogen and oxygen atoms in total. The second-order valence-electron chi connectivity index (χ2n) is 4.49. The number of aromatic amines is 1. The summed E-state index contributed by atoms with van der Waals surface area (Å²) in [5.41, 5.74) is 3.47. The van der Waals surface area contributed by atoms with Crippen LogP contribution < -0.4 is 10.4 Å². The molecule has 1 heterocycles. The zero-order valence-electron chi connectivity index (χ0n) is 10.8. The number of aromatic nitrogens is 2. The fourth-order valence-electron chi connectivity index (χ4n) is 2.22. The minimum Gasteiger partial charge on any atom is -0.497 e. The summed E-state index contributed by atoms with van der Waals surface area (Å²) in [7, 11) is 1.61. The Morgan fingerprint density at radius 1 is 1.16 bits per heavy atom. The lowest BCUT2D eigenvalue weighted by Crippen LogP contribution is -2.14. The number of rotatable bonds is 2. The number of ether oxygens (including phenoxy) is 1. The highest BCUT2D eigenvalue weighted by Crippen LogP contribution is 2.20. The van der Waals surface area contributed by atoms with E-state index >= 15 is 0 Å². The average molecular weight is 254 g/mol. The molecule has 0 aliphatic rings. The summed E-state index contributed by atoms with van der Waals surface area (Å²) >= 11 is 0. The predicted octanol–water partition coefficient (Wildman–Crippen LogP) is 2.64. The highest BCUT2D eigenvalue weighted by molar-refractivity contribution is 5.78. The van der Waals surface area contributed by atoms with Crippen molar-refractivity contribution in [3.05, 3.63) is 58.5 Å². The van der Waals surface area contributed by atoms with Crippen molar-refractivity contribution < 1.29 is 4.74 Å². The maximum absolute atomic E-state index is 12.1. The molecular weight excluding hydrogens is 240 g/mol. The fraction of sp³-hybridized carbons (Fsp3) is 0.133. The number of hydrogen-bond donors (Lipinski definition) is 1. The maximum Gasteiger partial charge on any atom is 0.331 e. The Hall–Kier alpha value is -2.49. The van der Waals surface area contributed by atoms with E-state index in [1.165, 1.54) is 0 Å². The van der Waals surface area contributed by atoms with Crippen molar-refractivity contribution in [2.45, 2.75) is 6.92 Å². The average Bonchev–Trinajstić information content (AvgIpc) is 2.74. The zero-order chi connectivity index (χ0) is 13.4. The van der Waals surface area contributed by atoms with Crippen LogP contribution in [0.1, 0.15) is 5.56 Å². The smallest absolute Gasteiger partial charge is 0.331 e. The molecule has 0 amide bonds. The number of hydrogen-bond acceptors (Lipinski definition) is 2. The largest absolute Gasteiger partial charge is 0.497 e. The number of methoxy groups -OCH3 is 1. The zero-order valence-corrected chi connectivity index (χ0v) is 10.8. The van der Waals surface area contributed by atoms with Crippen molar-refractivity contribution in [2.24, 2.45) is 0 Å². The second-order valence-corrected chi connectivity index (χ2v) is 4.49. The van der Waals surface area contributed by atoms with Gasteiger partial charge in [-0.25, -0.2) is 4.79 Å². The lowest BCUT2D eigenvalue weighted by atomic mass is 10.2. The molecule has 1 aromatic heterocycles. The molecule has 0 radical (unpaired) electrons. The third-order valence-corrected chi connectivity index (χ3v) is 3.15. The summed E-state index contributed by atoms with van der Waals surface area (Å²) in [5, 5.41) is 0. The van der Waals surface area contributed by atoms with Crippen LogP contribution in [0.25, 0.3) is 16.7 Å². The standard InChI is InChI=1S/C15H14N2O2/c1-10-6-7-13-14(8-10)17(15(18)16-13)11-4-3-5-12(9-11)19-2/h3-9H,1-2H3,(H,16,18). The molecule has 2 aromatic carbocycles. The van der Waals surface area contributed by atoms with Crippen LogP contribution in [0.5, 0.6) is 5.75 Å². The quantitative estimate of drug-likeness (QED) is 0.764. The van der Waals surface area contributed by atoms with Gasteiger partial charge in [-0.1, -0.05) is 12.1 Å². The summed E-state index contributed by atoms with van der Waals surface area (Å²) in [4.78, 5) is 15.0. The van der Waals surface area contributed by atoms with Gasteiger partial charge in [0.15, 0.2) is 0 Å². The monoisotopic (exact) mass is 254 g/mol. The van der Waals surface area contributed by atoms with Gasteiger partial charge in [-0.3, -0.25) is 4.57 Å². The van der Waals surface area contributed by atoms with Crippen molar-refractivity contribution in [3.63, 3.8) is 0 Å². The molecule has 0 atom stereocenters. The molecule has 4 heteroatoms. The Morgan fingerprint density at radius 2 is 2.00 bits per heavy atom. The molecule has 0 fully saturated rings. The predicted molar refractivity (Wildman–Crippen MR) is 75.2 cm³/mol. The summed E-state index contributed by atoms with van der Waals surface area (Å²) < 4.78 is 6.86. The van der Waals surface area contributed by atoms with Crippen LogP contribution in [0.4, 0.5) is 0 Å². The van der Waals surface area contributed by atoms with Gasteiger partial charge >= 0.3 is 5.69 Å². The Labute approximate surface area is 110 Å². The molecule has 0 bridgehead atoms. The Kier molecular flexibility index (Phi) is 2.63. The first-order chi connectivity index (χ1) is 9.19. The topological polar surface area (TPSA) is 47.0 Å². The van der Waals surface area contributed by atoms with Crippen LogP contribution in [-0.4, -0.2) is 16.7 Å². The third kappa shape index (κ3) is 1.91. The van der Waals surface area contributed by atoms with E-state index in [0.717, 1.165) is 28.0 Å². The molecule has 0 saturated carbocycles. The first kappa shape index (κ1) is 11.6. The van der Waals surface area contributed by atoms with E-state index in [1.807, 2.05) is 49.4 Å². The Balaban J connectivity index is 2.32. The fourth-order valence-corrected chi connectivity index (χ4v) is 2.22. The summed E-state index contributed by atoms with van der Waals surface area (Å²) in [6.07, 6.45) is 0. The Bertz CT molecular complexity index is 799. The van der Waals surface area contributed by atoms with E-state index in [1.54, 1.807) is 11.7 Å². The van der Waals surface area contributed by atoms with Gasteiger partial charge in [0.25, 0.3) is 0 Å². The van der Waals surface area contributed by atoms with E-state index < -0.39 is 0 Å². The number of fused-ring (bicyclic) bond motifs is 1. The molecule has 19 heavy (non-hydrogen) atoms. The summed E-state index contributed by atoms with van der Waals surface area (Å²) in [6.45, 7) is 2.01. The van der Waals surface area contributed by atoms with Crippen LogP contribution in [0.3, 0.4) is 0 Å². The van der Waals surface area contributed by atoms with Gasteiger partial charge < -0.3 is 9.72 Å². The van der Waals surface area contributed by atoms with Crippen LogP contribution >= 0.6 is 0 Å². The minimum absolute atomic E-state index is 0.145. The number of aryl methyl sites for hydroxylation is 1. The third-order valence-electron chi connectivity index (χ3n) is 3.15. The molecule has 3 rings (SSSR count). The van der Waals surface area contributed by atoms with Gasteiger partial charge in [0, 0.05) is 6.07 Å². The van der Waals surface area contributed by atoms with Gasteiger partial charge in [-0.15, -0.1) is 0 Å². The maximum atomic E-state index is 12.1. The molecule has 96 valence electrons. The van der Waals surface area contributed by atoms with E-state index in [0.29, 0.717) is 0 Å². The van der Waals surface area contributed by atoms with E-state index in [4.69, 9.17) is 4.74 Å². The van der Waals surface area contributed by atoms with Crippen molar-refractivity contribution in [1.82, 2.24) is 9.55 Å². The van der Waals surface area contributed by atoms with Crippen molar-refractivity contribution >= 4 is 11.0 Å². The number of imidazole rings is 1. The summed E-state index contributed by atoms with van der Waals surface area (Å²) in [6, 6.07) is 13.4. The van der Waals surface area contributed by atoms with Crippen molar-refractivity contribution in [3.8, 4) is 11.4 Å². The number of benzene rings is 2. The first-order valence-electron chi connectivity index (χ1n) is 6.05. The van der Waals surface area contributed by atoms with Gasteiger partial charge in [0.05, 0.1) is 23.8 Å². The van der Waals surface area contributed by atoms with Crippen molar-refractivity contribution in [1.29, 1.82) is 0 Å². The second kappa shape index (κ2) is 4.31. The molecule has 0 unspecified atom stereocenters. The molecule has 0 saturated heterocycles. The normalized spacial score (nSPS) is 10.8. The van der Waals surface area contributed by atoms with Crippen LogP contribution in [0.2, 0.25) is 0 Å². The number of nitrogens with one attached hydrogen (secondary N) is 1. The SMILES string of the molecule is COc1cccc(-n2c(=O)[nH]c3ccc(C)cc32)c1. The highest BCUT2D eigenvalue weighted by Gasteiger charge is 2.09. The van der Waals surface area contributed by atoms with E-state index in [2.05, 4.69) is 4.98 Å². The molecule has 1 N–H and O–H groups in total. The van der Waals surface area contributed by atoms with Crippen LogP contribution in [-0.2, 0) is 0 Å². The van der Waals surface area contributed by atoms with Gasteiger partial charge in [0.2, 0.25) is 0 Å². The molecule has 0 spiro atoms. The van der Waals surface area contributed by atoms with E-state index in [9.17, 15) is 4.79 Å². The van der Waals surface area contributed by atoms with Gasteiger partial charge in [-0.2, -0.15) is 0 Å². The highest BCUT2D eigenvalue weighted by atomic mass is 16.5. The molecule has 0 aliphatic heterocycles. The summed E-state index contributed by atoms with van der Waals surface area (Å²) in [5.74, 6) is 0.728. The van der Waals surface area contributed by atoms with Crippen LogP contribution in [0.15, 0.2) is 47.3 Å². The first-order valence-corrected chi connectivity index (χ1v) is 6.05. The lowest BCUT2D eigenvalue weighted by Gasteiger charge is -2.06. The number of H-pyrrole nitrogens is 1. The molecule has 0 aliphatic carbocycles. The lowest BCUT2D eigenvalue weighted by molar-refractivity contribution is 0.414. The Morgan fingerprint density at radius 3 is 2.79 bits per heavy atom. The van der Waals surface area contributed by atoms with Crippen molar-refractivity contribution in [2.75, 3.05) is 7.11 Å². The molecular formula is C15H14N2O2. The van der Waals surface area contributed by atoms with E-state index in [-0.39, 0.29) is 5.69 Å². The van der Waals surface area contributed by atoms with Gasteiger partial charge in [0.1, 0.15) is 5.75 Å². The van der Waals surface area contributed by atoms with Crippen LogP contribution in [0, 0.1) is 6.92 Å². The van der Waals surface area contributed by atoms with Gasteiger partial charge in [-0.05, 0) is 36.8 Å². The number of nitrogens with zero attached hydrogens (tertiary/aromatic N) is 1.